The van der Waals surface area contributed by atoms with Crippen molar-refractivity contribution in [3.63, 3.8) is 0 Å². The van der Waals surface area contributed by atoms with Gasteiger partial charge in [-0.05, 0) is 0 Å². The molecule has 0 saturated heterocycles. The first-order valence-corrected chi connectivity index (χ1v) is 14.1. The third kappa shape index (κ3) is 20.7. The first-order chi connectivity index (χ1) is 11.2. The van der Waals surface area contributed by atoms with Crippen LogP contribution in [0.3, 0.4) is 0 Å². The van der Waals surface area contributed by atoms with Crippen LogP contribution in [0.5, 0.6) is 0 Å². The van der Waals surface area contributed by atoms with Crippen LogP contribution in [0.15, 0.2) is 0 Å². The molecule has 0 heterocycles. The fraction of sp³-hybridized carbons (Fsp3) is 1.00. The van der Waals surface area contributed by atoms with E-state index in [4.69, 9.17) is 4.55 Å². The van der Waals surface area contributed by atoms with Crippen molar-refractivity contribution in [2.24, 2.45) is 0 Å². The zero-order valence-corrected chi connectivity index (χ0v) is 23.4. The average Bonchev–Trinajstić information content (AvgIpc) is 2.47. The Balaban J connectivity index is -0.00000264. The van der Waals surface area contributed by atoms with E-state index in [1.54, 1.807) is 0 Å². The van der Waals surface area contributed by atoms with Crippen molar-refractivity contribution in [3.05, 3.63) is 0 Å². The normalized spacial score (nSPS) is 17.9. The summed E-state index contributed by atoms with van der Waals surface area (Å²) in [6.07, 6.45) is -4.69. The molecule has 146 valence electrons. The Bertz CT molecular complexity index is 351. The summed E-state index contributed by atoms with van der Waals surface area (Å²) in [5.74, 6) is 1.05. The number of hydrogen-bond donors (Lipinski definition) is 5. The molecule has 0 aromatic carbocycles. The molecule has 0 saturated carbocycles. The number of aliphatic hydroxyl groups is 4. The van der Waals surface area contributed by atoms with E-state index in [9.17, 15) is 33.4 Å². The summed E-state index contributed by atoms with van der Waals surface area (Å²) in [4.78, 5) is 0. The molecule has 0 fully saturated rings. The second-order valence-corrected chi connectivity index (χ2v) is 11.6. The topological polar surface area (TPSA) is 158 Å². The van der Waals surface area contributed by atoms with Gasteiger partial charge in [-0.3, -0.25) is 4.21 Å². The third-order valence-corrected chi connectivity index (χ3v) is 8.75. The first kappa shape index (κ1) is 34.1. The predicted molar refractivity (Wildman–Crippen MR) is 103 cm³/mol. The van der Waals surface area contributed by atoms with E-state index < -0.39 is 52.3 Å². The molecule has 6 atom stereocenters. The van der Waals surface area contributed by atoms with Gasteiger partial charge in [0.1, 0.15) is 0 Å². The van der Waals surface area contributed by atoms with Crippen LogP contribution in [-0.4, -0.2) is 96.9 Å². The molecule has 0 aliphatic rings. The standard InChI is InChI=1S/C10H22O8S6.2Na/c11-7(9(13)5-23(15)16)3-21-19-1-2-20-22-4-8(12)10(14)6-24(17)18;;/h7-14H,1-6H2,(H,15,16)(H,17,18);;/q;2*+1/p-1/t7-,8-,9-,10-;;/m0../s1. The Hall–Kier alpha value is 3.46. The SMILES string of the molecule is O=S([O-])C[C@H](O)[C@@H](O)CSSCCSSC[C@H](O)[C@@H](O)CS(=O)O.[Na+].[Na+]. The van der Waals surface area contributed by atoms with E-state index in [1.807, 2.05) is 0 Å². The van der Waals surface area contributed by atoms with Crippen molar-refractivity contribution in [2.75, 3.05) is 34.5 Å². The summed E-state index contributed by atoms with van der Waals surface area (Å²) in [6, 6.07) is 0. The molecule has 8 nitrogen and oxygen atoms in total. The Morgan fingerprint density at radius 3 is 1.46 bits per heavy atom. The van der Waals surface area contributed by atoms with Gasteiger partial charge in [0, 0.05) is 28.8 Å². The van der Waals surface area contributed by atoms with Gasteiger partial charge in [0.15, 0.2) is 11.1 Å². The minimum Gasteiger partial charge on any atom is -0.772 e. The van der Waals surface area contributed by atoms with Crippen LogP contribution >= 0.6 is 43.2 Å². The van der Waals surface area contributed by atoms with Crippen LogP contribution < -0.4 is 59.1 Å². The molecule has 0 aromatic rings. The number of aliphatic hydroxyl groups excluding tert-OH is 4. The predicted octanol–water partition coefficient (Wildman–Crippen LogP) is -6.70. The van der Waals surface area contributed by atoms with Crippen LogP contribution in [-0.2, 0) is 22.2 Å². The van der Waals surface area contributed by atoms with E-state index in [2.05, 4.69) is 0 Å². The molecule has 2 unspecified atom stereocenters. The molecular weight excluding hydrogens is 486 g/mol. The molecule has 16 heteroatoms. The molecule has 0 amide bonds. The van der Waals surface area contributed by atoms with Gasteiger partial charge in [0.05, 0.1) is 30.2 Å². The summed E-state index contributed by atoms with van der Waals surface area (Å²) in [7, 11) is 5.60. The van der Waals surface area contributed by atoms with Crippen LogP contribution in [0.2, 0.25) is 0 Å². The smallest absolute Gasteiger partial charge is 0.772 e. The Morgan fingerprint density at radius 2 is 1.12 bits per heavy atom. The third-order valence-electron chi connectivity index (χ3n) is 2.40. The fourth-order valence-corrected chi connectivity index (χ4v) is 7.21. The molecule has 0 bridgehead atoms. The second-order valence-electron chi connectivity index (χ2n) is 4.44. The summed E-state index contributed by atoms with van der Waals surface area (Å²) >= 11 is -4.54. The van der Waals surface area contributed by atoms with Crippen LogP contribution in [0.25, 0.3) is 0 Å². The largest absolute Gasteiger partial charge is 1.00 e. The number of rotatable bonds is 15. The van der Waals surface area contributed by atoms with Crippen molar-refractivity contribution in [1.82, 2.24) is 0 Å². The van der Waals surface area contributed by atoms with Crippen LogP contribution in [0.4, 0.5) is 0 Å². The van der Waals surface area contributed by atoms with Crippen molar-refractivity contribution in [2.45, 2.75) is 24.4 Å². The summed E-state index contributed by atoms with van der Waals surface area (Å²) < 4.78 is 39.9. The van der Waals surface area contributed by atoms with Crippen LogP contribution in [0.1, 0.15) is 0 Å². The maximum absolute atomic E-state index is 10.5. The molecular formula is C10H21Na2O8S6+. The first-order valence-electron chi connectivity index (χ1n) is 6.58. The average molecular weight is 508 g/mol. The van der Waals surface area contributed by atoms with Crippen molar-refractivity contribution < 1.29 is 97.1 Å². The Kier molecular flexibility index (Phi) is 28.4. The Labute approximate surface area is 218 Å². The van der Waals surface area contributed by atoms with Crippen molar-refractivity contribution in [3.8, 4) is 0 Å². The maximum Gasteiger partial charge on any atom is 1.00 e. The zero-order chi connectivity index (χ0) is 18.5. The van der Waals surface area contributed by atoms with Crippen LogP contribution in [0, 0.1) is 0 Å². The van der Waals surface area contributed by atoms with Gasteiger partial charge < -0.3 is 29.5 Å². The minimum atomic E-state index is -2.39. The van der Waals surface area contributed by atoms with Gasteiger partial charge in [0.2, 0.25) is 0 Å². The van der Waals surface area contributed by atoms with Gasteiger partial charge in [-0.25, -0.2) is 4.21 Å². The minimum absolute atomic E-state index is 0. The number of hydrogen-bond acceptors (Lipinski definition) is 11. The maximum atomic E-state index is 10.5. The summed E-state index contributed by atoms with van der Waals surface area (Å²) in [6.45, 7) is 0. The molecule has 5 N–H and O–H groups in total. The van der Waals surface area contributed by atoms with Gasteiger partial charge in [-0.1, -0.05) is 54.3 Å². The Morgan fingerprint density at radius 1 is 0.731 bits per heavy atom. The molecule has 0 rings (SSSR count). The molecule has 0 aliphatic heterocycles. The molecule has 0 spiro atoms. The second kappa shape index (κ2) is 21.7. The van der Waals surface area contributed by atoms with Gasteiger partial charge in [-0.15, -0.1) is 0 Å². The van der Waals surface area contributed by atoms with Gasteiger partial charge in [-0.2, -0.15) is 0 Å². The fourth-order valence-electron chi connectivity index (χ4n) is 1.15. The van der Waals surface area contributed by atoms with Crippen molar-refractivity contribution >= 4 is 65.3 Å². The van der Waals surface area contributed by atoms with E-state index in [-0.39, 0.29) is 76.4 Å². The van der Waals surface area contributed by atoms with E-state index in [0.717, 1.165) is 11.5 Å². The van der Waals surface area contributed by atoms with E-state index in [0.29, 0.717) is 0 Å². The molecule has 0 aromatic heterocycles. The van der Waals surface area contributed by atoms with E-state index >= 15 is 0 Å². The van der Waals surface area contributed by atoms with Gasteiger partial charge >= 0.3 is 59.1 Å². The van der Waals surface area contributed by atoms with Gasteiger partial charge in [0.25, 0.3) is 0 Å². The quantitative estimate of drug-likeness (QED) is 0.0618. The summed E-state index contributed by atoms with van der Waals surface area (Å²) in [5.41, 5.74) is 0. The van der Waals surface area contributed by atoms with E-state index in [1.165, 1.54) is 43.2 Å². The molecule has 0 radical (unpaired) electrons. The zero-order valence-electron chi connectivity index (χ0n) is 14.5. The molecule has 26 heavy (non-hydrogen) atoms. The monoisotopic (exact) mass is 507 g/mol. The summed E-state index contributed by atoms with van der Waals surface area (Å²) in [5, 5.41) is 37.8. The molecule has 0 aliphatic carbocycles. The van der Waals surface area contributed by atoms with Crippen molar-refractivity contribution in [1.29, 1.82) is 0 Å².